The second kappa shape index (κ2) is 3.53. The zero-order valence-corrected chi connectivity index (χ0v) is 9.92. The number of aromatic nitrogens is 2. The Morgan fingerprint density at radius 3 is 2.78 bits per heavy atom. The molecular formula is C14H14F2N2. The lowest BCUT2D eigenvalue weighted by molar-refractivity contribution is 0.408. The van der Waals surface area contributed by atoms with E-state index in [2.05, 4.69) is 9.97 Å². The van der Waals surface area contributed by atoms with Gasteiger partial charge >= 0.3 is 0 Å². The predicted molar refractivity (Wildman–Crippen MR) is 64.2 cm³/mol. The van der Waals surface area contributed by atoms with Crippen LogP contribution in [0.5, 0.6) is 0 Å². The maximum Gasteiger partial charge on any atom is 0.186 e. The molecule has 1 aromatic heterocycles. The first-order valence-corrected chi connectivity index (χ1v) is 6.56. The molecule has 0 aliphatic heterocycles. The molecule has 2 nitrogen and oxygen atoms in total. The monoisotopic (exact) mass is 248 g/mol. The third-order valence-electron chi connectivity index (χ3n) is 4.65. The Hall–Kier alpha value is -1.45. The first-order valence-electron chi connectivity index (χ1n) is 6.56. The van der Waals surface area contributed by atoms with Crippen molar-refractivity contribution < 1.29 is 8.78 Å². The Morgan fingerprint density at radius 2 is 2.06 bits per heavy atom. The predicted octanol–water partition coefficient (Wildman–Crippen LogP) is 3.74. The van der Waals surface area contributed by atoms with Crippen molar-refractivity contribution in [3.05, 3.63) is 29.6 Å². The van der Waals surface area contributed by atoms with E-state index in [1.54, 1.807) is 6.07 Å². The van der Waals surface area contributed by atoms with Crippen LogP contribution in [0.15, 0.2) is 12.1 Å². The summed E-state index contributed by atoms with van der Waals surface area (Å²) < 4.78 is 26.8. The quantitative estimate of drug-likeness (QED) is 0.818. The number of benzene rings is 1. The van der Waals surface area contributed by atoms with Crippen molar-refractivity contribution >= 4 is 11.0 Å². The first kappa shape index (κ1) is 10.5. The molecule has 0 saturated heterocycles. The average molecular weight is 248 g/mol. The third-order valence-corrected chi connectivity index (χ3v) is 4.65. The van der Waals surface area contributed by atoms with Crippen molar-refractivity contribution in [3.8, 4) is 0 Å². The Morgan fingerprint density at radius 1 is 1.17 bits per heavy atom. The molecule has 2 aliphatic carbocycles. The van der Waals surface area contributed by atoms with E-state index in [0.29, 0.717) is 17.4 Å². The Labute approximate surface area is 103 Å². The van der Waals surface area contributed by atoms with Gasteiger partial charge in [-0.1, -0.05) is 6.42 Å². The van der Waals surface area contributed by atoms with Gasteiger partial charge in [-0.3, -0.25) is 0 Å². The van der Waals surface area contributed by atoms with Crippen LogP contribution in [0.25, 0.3) is 11.0 Å². The zero-order valence-electron chi connectivity index (χ0n) is 9.92. The summed E-state index contributed by atoms with van der Waals surface area (Å²) >= 11 is 0. The molecule has 0 amide bonds. The Bertz CT molecular complexity index is 620. The van der Waals surface area contributed by atoms with Gasteiger partial charge < -0.3 is 4.98 Å². The second-order valence-electron chi connectivity index (χ2n) is 5.66. The van der Waals surface area contributed by atoms with E-state index >= 15 is 0 Å². The van der Waals surface area contributed by atoms with E-state index in [1.165, 1.54) is 19.3 Å². The van der Waals surface area contributed by atoms with E-state index in [4.69, 9.17) is 0 Å². The van der Waals surface area contributed by atoms with Gasteiger partial charge in [0.05, 0.1) is 5.52 Å². The van der Waals surface area contributed by atoms with E-state index in [1.807, 2.05) is 0 Å². The number of hydrogen-bond donors (Lipinski definition) is 1. The fourth-order valence-corrected chi connectivity index (χ4v) is 3.79. The van der Waals surface area contributed by atoms with Crippen LogP contribution in [0.1, 0.15) is 37.4 Å². The summed E-state index contributed by atoms with van der Waals surface area (Å²) in [6.07, 6.45) is 5.00. The van der Waals surface area contributed by atoms with Crippen molar-refractivity contribution in [1.29, 1.82) is 0 Å². The number of nitrogens with zero attached hydrogens (tertiary/aromatic N) is 1. The van der Waals surface area contributed by atoms with Crippen molar-refractivity contribution in [2.45, 2.75) is 31.6 Å². The van der Waals surface area contributed by atoms with Crippen LogP contribution in [0.2, 0.25) is 0 Å². The minimum absolute atomic E-state index is 0.146. The number of imidazole rings is 1. The topological polar surface area (TPSA) is 28.7 Å². The summed E-state index contributed by atoms with van der Waals surface area (Å²) in [6, 6.07) is 2.72. The minimum Gasteiger partial charge on any atom is -0.342 e. The maximum atomic E-state index is 13.6. The molecule has 94 valence electrons. The number of halogens is 2. The van der Waals surface area contributed by atoms with E-state index < -0.39 is 11.6 Å². The highest BCUT2D eigenvalue weighted by molar-refractivity contribution is 5.75. The first-order chi connectivity index (χ1) is 8.72. The van der Waals surface area contributed by atoms with Crippen molar-refractivity contribution in [1.82, 2.24) is 9.97 Å². The van der Waals surface area contributed by atoms with Gasteiger partial charge in [0, 0.05) is 5.92 Å². The lowest BCUT2D eigenvalue weighted by Crippen LogP contribution is -2.09. The summed E-state index contributed by atoms with van der Waals surface area (Å²) in [6.45, 7) is 0. The average Bonchev–Trinajstić information content (AvgIpc) is 3.06. The SMILES string of the molecule is Fc1ccc2[nH]c(C3CC4CCC3C4)nc2c1F. The molecule has 1 aromatic carbocycles. The Balaban J connectivity index is 1.80. The summed E-state index contributed by atoms with van der Waals surface area (Å²) in [4.78, 5) is 7.48. The van der Waals surface area contributed by atoms with Gasteiger partial charge in [-0.2, -0.15) is 0 Å². The molecule has 0 spiro atoms. The smallest absolute Gasteiger partial charge is 0.186 e. The van der Waals surface area contributed by atoms with E-state index in [-0.39, 0.29) is 5.52 Å². The third kappa shape index (κ3) is 1.35. The lowest BCUT2D eigenvalue weighted by Gasteiger charge is -2.18. The van der Waals surface area contributed by atoms with Gasteiger partial charge in [0.2, 0.25) is 0 Å². The minimum atomic E-state index is -0.835. The number of aromatic amines is 1. The van der Waals surface area contributed by atoms with Gasteiger partial charge in [0.1, 0.15) is 11.3 Å². The summed E-state index contributed by atoms with van der Waals surface area (Å²) in [7, 11) is 0. The van der Waals surface area contributed by atoms with Gasteiger partial charge in [-0.15, -0.1) is 0 Å². The fraction of sp³-hybridized carbons (Fsp3) is 0.500. The van der Waals surface area contributed by atoms with Crippen LogP contribution < -0.4 is 0 Å². The van der Waals surface area contributed by atoms with Crippen LogP contribution in [0, 0.1) is 23.5 Å². The molecule has 2 bridgehead atoms. The zero-order chi connectivity index (χ0) is 12.3. The standard InChI is InChI=1S/C14H14F2N2/c15-10-3-4-11-13(12(10)16)18-14(17-11)9-6-7-1-2-8(9)5-7/h3-4,7-9H,1-2,5-6H2,(H,17,18). The maximum absolute atomic E-state index is 13.6. The molecule has 2 aliphatic rings. The molecule has 4 rings (SSSR count). The number of H-pyrrole nitrogens is 1. The second-order valence-corrected chi connectivity index (χ2v) is 5.66. The molecule has 3 unspecified atom stereocenters. The molecule has 2 saturated carbocycles. The summed E-state index contributed by atoms with van der Waals surface area (Å²) in [5, 5.41) is 0. The molecule has 2 fully saturated rings. The number of nitrogens with one attached hydrogen (secondary N) is 1. The van der Waals surface area contributed by atoms with E-state index in [0.717, 1.165) is 24.2 Å². The highest BCUT2D eigenvalue weighted by atomic mass is 19.2. The highest BCUT2D eigenvalue weighted by Crippen LogP contribution is 2.52. The number of fused-ring (bicyclic) bond motifs is 3. The van der Waals surface area contributed by atoms with Crippen LogP contribution in [-0.4, -0.2) is 9.97 Å². The number of hydrogen-bond acceptors (Lipinski definition) is 1. The molecule has 1 heterocycles. The van der Waals surface area contributed by atoms with Crippen LogP contribution >= 0.6 is 0 Å². The molecule has 3 atom stereocenters. The lowest BCUT2D eigenvalue weighted by atomic mass is 9.88. The van der Waals surface area contributed by atoms with Crippen molar-refractivity contribution in [2.75, 3.05) is 0 Å². The molecule has 4 heteroatoms. The molecular weight excluding hydrogens is 234 g/mol. The van der Waals surface area contributed by atoms with Gasteiger partial charge in [0.25, 0.3) is 0 Å². The van der Waals surface area contributed by atoms with Crippen LogP contribution in [-0.2, 0) is 0 Å². The van der Waals surface area contributed by atoms with Crippen molar-refractivity contribution in [2.24, 2.45) is 11.8 Å². The van der Waals surface area contributed by atoms with Gasteiger partial charge in [0.15, 0.2) is 11.6 Å². The largest absolute Gasteiger partial charge is 0.342 e. The summed E-state index contributed by atoms with van der Waals surface area (Å²) in [5.41, 5.74) is 0.749. The van der Waals surface area contributed by atoms with Crippen molar-refractivity contribution in [3.63, 3.8) is 0 Å². The molecule has 0 radical (unpaired) electrons. The van der Waals surface area contributed by atoms with Crippen LogP contribution in [0.4, 0.5) is 8.78 Å². The van der Waals surface area contributed by atoms with E-state index in [9.17, 15) is 8.78 Å². The van der Waals surface area contributed by atoms with Crippen LogP contribution in [0.3, 0.4) is 0 Å². The van der Waals surface area contributed by atoms with Gasteiger partial charge in [-0.05, 0) is 43.2 Å². The summed E-state index contributed by atoms with van der Waals surface area (Å²) in [5.74, 6) is 1.10. The molecule has 2 aromatic rings. The number of rotatable bonds is 1. The highest BCUT2D eigenvalue weighted by Gasteiger charge is 2.41. The molecule has 18 heavy (non-hydrogen) atoms. The fourth-order valence-electron chi connectivity index (χ4n) is 3.79. The normalized spacial score (nSPS) is 30.4. The Kier molecular flexibility index (Phi) is 2.05. The van der Waals surface area contributed by atoms with Gasteiger partial charge in [-0.25, -0.2) is 13.8 Å². The molecule has 1 N–H and O–H groups in total.